The maximum Gasteiger partial charge on any atom is 0.251 e. The van der Waals surface area contributed by atoms with E-state index in [-0.39, 0.29) is 5.91 Å². The fourth-order valence-corrected chi connectivity index (χ4v) is 1.91. The van der Waals surface area contributed by atoms with E-state index in [1.54, 1.807) is 0 Å². The number of hydrogen-bond donors (Lipinski definition) is 2. The number of nitrogens with one attached hydrogen (secondary N) is 1. The van der Waals surface area contributed by atoms with Gasteiger partial charge in [0, 0.05) is 12.1 Å². The summed E-state index contributed by atoms with van der Waals surface area (Å²) in [4.78, 5) is 12.0. The predicted octanol–water partition coefficient (Wildman–Crippen LogP) is 2.16. The van der Waals surface area contributed by atoms with E-state index < -0.39 is 0 Å². The Morgan fingerprint density at radius 3 is 2.41 bits per heavy atom. The van der Waals surface area contributed by atoms with Crippen molar-refractivity contribution in [3.63, 3.8) is 0 Å². The van der Waals surface area contributed by atoms with Crippen LogP contribution in [0.15, 0.2) is 18.2 Å². The lowest BCUT2D eigenvalue weighted by Gasteiger charge is -2.10. The number of carbonyl (C=O) groups is 1. The summed E-state index contributed by atoms with van der Waals surface area (Å²) in [6.07, 6.45) is 3.09. The van der Waals surface area contributed by atoms with Crippen molar-refractivity contribution in [2.24, 2.45) is 5.73 Å². The first-order valence-electron chi connectivity index (χ1n) is 6.21. The first kappa shape index (κ1) is 13.7. The Morgan fingerprint density at radius 2 is 1.82 bits per heavy atom. The monoisotopic (exact) mass is 234 g/mol. The largest absolute Gasteiger partial charge is 0.352 e. The second kappa shape index (κ2) is 7.07. The second-order valence-corrected chi connectivity index (χ2v) is 4.37. The lowest BCUT2D eigenvalue weighted by atomic mass is 10.0. The number of unbranched alkanes of at least 4 members (excludes halogenated alkanes) is 2. The van der Waals surface area contributed by atoms with Gasteiger partial charge in [-0.25, -0.2) is 0 Å². The van der Waals surface area contributed by atoms with E-state index >= 15 is 0 Å². The van der Waals surface area contributed by atoms with Crippen molar-refractivity contribution in [3.8, 4) is 0 Å². The maximum atomic E-state index is 12.0. The van der Waals surface area contributed by atoms with Crippen LogP contribution in [-0.2, 0) is 0 Å². The molecule has 1 amide bonds. The number of aryl methyl sites for hydroxylation is 2. The standard InChI is InChI=1S/C14H22N2O/c1-11-7-6-8-12(2)13(11)14(17)16-10-5-3-4-9-15/h6-8H,3-5,9-10,15H2,1-2H3,(H,16,17). The Balaban J connectivity index is 2.47. The minimum absolute atomic E-state index is 0.0355. The Morgan fingerprint density at radius 1 is 1.18 bits per heavy atom. The zero-order chi connectivity index (χ0) is 12.7. The molecule has 0 fully saturated rings. The summed E-state index contributed by atoms with van der Waals surface area (Å²) in [5.41, 5.74) is 8.29. The first-order chi connectivity index (χ1) is 8.16. The summed E-state index contributed by atoms with van der Waals surface area (Å²) in [6, 6.07) is 5.91. The molecule has 0 heterocycles. The van der Waals surface area contributed by atoms with Gasteiger partial charge in [-0.3, -0.25) is 4.79 Å². The minimum Gasteiger partial charge on any atom is -0.352 e. The molecule has 3 N–H and O–H groups in total. The van der Waals surface area contributed by atoms with Crippen LogP contribution in [0.3, 0.4) is 0 Å². The molecule has 0 saturated carbocycles. The van der Waals surface area contributed by atoms with Gasteiger partial charge in [0.25, 0.3) is 5.91 Å². The normalized spacial score (nSPS) is 10.3. The molecule has 0 bridgehead atoms. The topological polar surface area (TPSA) is 55.1 Å². The highest BCUT2D eigenvalue weighted by molar-refractivity contribution is 5.96. The van der Waals surface area contributed by atoms with E-state index in [2.05, 4.69) is 5.32 Å². The molecule has 3 nitrogen and oxygen atoms in total. The number of benzene rings is 1. The van der Waals surface area contributed by atoms with Gasteiger partial charge < -0.3 is 11.1 Å². The Hall–Kier alpha value is -1.35. The molecule has 1 aromatic rings. The van der Waals surface area contributed by atoms with E-state index in [0.717, 1.165) is 49.0 Å². The number of amides is 1. The molecule has 94 valence electrons. The number of nitrogens with two attached hydrogens (primary N) is 1. The molecule has 0 aliphatic carbocycles. The van der Waals surface area contributed by atoms with Crippen molar-refractivity contribution >= 4 is 5.91 Å². The van der Waals surface area contributed by atoms with Gasteiger partial charge in [-0.1, -0.05) is 24.6 Å². The van der Waals surface area contributed by atoms with Gasteiger partial charge in [0.1, 0.15) is 0 Å². The van der Waals surface area contributed by atoms with E-state index in [9.17, 15) is 4.79 Å². The van der Waals surface area contributed by atoms with Gasteiger partial charge in [0.15, 0.2) is 0 Å². The number of carbonyl (C=O) groups excluding carboxylic acids is 1. The van der Waals surface area contributed by atoms with Gasteiger partial charge in [-0.2, -0.15) is 0 Å². The molecule has 0 aliphatic rings. The third-order valence-corrected chi connectivity index (χ3v) is 2.87. The summed E-state index contributed by atoms with van der Waals surface area (Å²) < 4.78 is 0. The summed E-state index contributed by atoms with van der Waals surface area (Å²) in [5, 5.41) is 2.96. The van der Waals surface area contributed by atoms with Crippen LogP contribution in [0.4, 0.5) is 0 Å². The quantitative estimate of drug-likeness (QED) is 0.741. The van der Waals surface area contributed by atoms with E-state index in [4.69, 9.17) is 5.73 Å². The summed E-state index contributed by atoms with van der Waals surface area (Å²) in [6.45, 7) is 5.39. The summed E-state index contributed by atoms with van der Waals surface area (Å²) in [5.74, 6) is 0.0355. The van der Waals surface area contributed by atoms with Crippen LogP contribution in [0.1, 0.15) is 40.7 Å². The fourth-order valence-electron chi connectivity index (χ4n) is 1.91. The van der Waals surface area contributed by atoms with Gasteiger partial charge in [0.2, 0.25) is 0 Å². The number of rotatable bonds is 6. The third kappa shape index (κ3) is 4.19. The molecule has 1 aromatic carbocycles. The van der Waals surface area contributed by atoms with Gasteiger partial charge in [-0.05, 0) is 44.4 Å². The van der Waals surface area contributed by atoms with Crippen molar-refractivity contribution in [2.75, 3.05) is 13.1 Å². The van der Waals surface area contributed by atoms with Crippen LogP contribution in [-0.4, -0.2) is 19.0 Å². The van der Waals surface area contributed by atoms with Crippen molar-refractivity contribution in [2.45, 2.75) is 33.1 Å². The van der Waals surface area contributed by atoms with Crippen LogP contribution < -0.4 is 11.1 Å². The maximum absolute atomic E-state index is 12.0. The fraction of sp³-hybridized carbons (Fsp3) is 0.500. The number of hydrogen-bond acceptors (Lipinski definition) is 2. The molecule has 0 radical (unpaired) electrons. The van der Waals surface area contributed by atoms with Gasteiger partial charge in [0.05, 0.1) is 0 Å². The average molecular weight is 234 g/mol. The van der Waals surface area contributed by atoms with Crippen LogP contribution in [0.2, 0.25) is 0 Å². The molecular weight excluding hydrogens is 212 g/mol. The van der Waals surface area contributed by atoms with E-state index in [0.29, 0.717) is 0 Å². The zero-order valence-corrected chi connectivity index (χ0v) is 10.8. The molecule has 0 spiro atoms. The van der Waals surface area contributed by atoms with Crippen LogP contribution in [0.5, 0.6) is 0 Å². The van der Waals surface area contributed by atoms with E-state index in [1.165, 1.54) is 0 Å². The molecule has 0 saturated heterocycles. The lowest BCUT2D eigenvalue weighted by molar-refractivity contribution is 0.0952. The molecule has 0 aliphatic heterocycles. The molecule has 1 rings (SSSR count). The highest BCUT2D eigenvalue weighted by Crippen LogP contribution is 2.12. The highest BCUT2D eigenvalue weighted by atomic mass is 16.1. The minimum atomic E-state index is 0.0355. The summed E-state index contributed by atoms with van der Waals surface area (Å²) in [7, 11) is 0. The third-order valence-electron chi connectivity index (χ3n) is 2.87. The Bertz CT molecular complexity index is 354. The highest BCUT2D eigenvalue weighted by Gasteiger charge is 2.10. The molecule has 3 heteroatoms. The molecule has 0 unspecified atom stereocenters. The van der Waals surface area contributed by atoms with E-state index in [1.807, 2.05) is 32.0 Å². The van der Waals surface area contributed by atoms with Crippen molar-refractivity contribution in [3.05, 3.63) is 34.9 Å². The summed E-state index contributed by atoms with van der Waals surface area (Å²) >= 11 is 0. The molecule has 17 heavy (non-hydrogen) atoms. The Kier molecular flexibility index (Phi) is 5.70. The predicted molar refractivity (Wildman–Crippen MR) is 71.2 cm³/mol. The van der Waals surface area contributed by atoms with Crippen LogP contribution >= 0.6 is 0 Å². The second-order valence-electron chi connectivity index (χ2n) is 4.37. The Labute approximate surface area is 103 Å². The van der Waals surface area contributed by atoms with Gasteiger partial charge >= 0.3 is 0 Å². The lowest BCUT2D eigenvalue weighted by Crippen LogP contribution is -2.26. The average Bonchev–Trinajstić information content (AvgIpc) is 2.28. The molecular formula is C14H22N2O. The zero-order valence-electron chi connectivity index (χ0n) is 10.8. The van der Waals surface area contributed by atoms with Crippen LogP contribution in [0, 0.1) is 13.8 Å². The molecule has 0 atom stereocenters. The first-order valence-corrected chi connectivity index (χ1v) is 6.21. The molecule has 0 aromatic heterocycles. The van der Waals surface area contributed by atoms with Crippen molar-refractivity contribution in [1.82, 2.24) is 5.32 Å². The van der Waals surface area contributed by atoms with Crippen molar-refractivity contribution in [1.29, 1.82) is 0 Å². The van der Waals surface area contributed by atoms with Gasteiger partial charge in [-0.15, -0.1) is 0 Å². The van der Waals surface area contributed by atoms with Crippen molar-refractivity contribution < 1.29 is 4.79 Å². The SMILES string of the molecule is Cc1cccc(C)c1C(=O)NCCCCCN. The smallest absolute Gasteiger partial charge is 0.251 e. The van der Waals surface area contributed by atoms with Crippen LogP contribution in [0.25, 0.3) is 0 Å².